The van der Waals surface area contributed by atoms with Crippen LogP contribution in [0.3, 0.4) is 0 Å². The lowest BCUT2D eigenvalue weighted by molar-refractivity contribution is 0.0378. The minimum Gasteiger partial charge on any atom is -0.380 e. The van der Waals surface area contributed by atoms with Crippen molar-refractivity contribution < 1.29 is 9.47 Å². The first-order chi connectivity index (χ1) is 10.8. The summed E-state index contributed by atoms with van der Waals surface area (Å²) in [5, 5.41) is 3.16. The zero-order chi connectivity index (χ0) is 15.4. The van der Waals surface area contributed by atoms with Crippen molar-refractivity contribution in [2.75, 3.05) is 75.9 Å². The van der Waals surface area contributed by atoms with Crippen molar-refractivity contribution in [2.45, 2.75) is 6.42 Å². The van der Waals surface area contributed by atoms with E-state index in [0.717, 1.165) is 39.3 Å². The first-order valence-electron chi connectivity index (χ1n) is 7.97. The smallest absolute Gasteiger partial charge is 0.253 e. The van der Waals surface area contributed by atoms with Gasteiger partial charge >= 0.3 is 0 Å². The quantitative estimate of drug-likeness (QED) is 0.548. The molecule has 1 aromatic carbocycles. The highest BCUT2D eigenvalue weighted by atomic mass is 16.5. The Labute approximate surface area is 129 Å². The fraction of sp³-hybridized carbons (Fsp3) is 0.733. The van der Waals surface area contributed by atoms with Crippen molar-refractivity contribution in [1.82, 2.24) is 4.90 Å². The molecule has 1 aromatic rings. The normalized spacial score (nSPS) is 20.5. The van der Waals surface area contributed by atoms with Gasteiger partial charge in [0.05, 0.1) is 26.4 Å². The van der Waals surface area contributed by atoms with Gasteiger partial charge in [-0.15, -0.1) is 0 Å². The Bertz CT molecular complexity index is 555. The van der Waals surface area contributed by atoms with E-state index in [1.807, 2.05) is 4.90 Å². The summed E-state index contributed by atoms with van der Waals surface area (Å²) < 4.78 is 10.6. The number of hydrogen-bond donors (Lipinski definition) is 1. The van der Waals surface area contributed by atoms with Crippen LogP contribution >= 0.6 is 0 Å². The molecule has 1 N–H and O–H groups in total. The number of nitrogens with one attached hydrogen (secondary N) is 1. The molecule has 2 heterocycles. The second kappa shape index (κ2) is 7.21. The van der Waals surface area contributed by atoms with E-state index in [0.29, 0.717) is 44.2 Å². The van der Waals surface area contributed by atoms with Crippen LogP contribution in [0.4, 0.5) is 11.4 Å². The number of anilines is 2. The Balaban J connectivity index is 1.49. The number of nitrogens with zero attached hydrogens (tertiary/aromatic N) is 2. The summed E-state index contributed by atoms with van der Waals surface area (Å²) in [6.45, 7) is 7.79. The maximum Gasteiger partial charge on any atom is 0.253 e. The summed E-state index contributed by atoms with van der Waals surface area (Å²) in [5.74, 6) is 0. The van der Waals surface area contributed by atoms with Gasteiger partial charge in [-0.25, -0.2) is 0 Å². The molecule has 0 aromatic heterocycles. The SMILES string of the molecule is O=c1c(NCCCN2CCOCC2)c(N2CCOCC2)c1=O. The number of rotatable bonds is 6. The molecule has 2 aliphatic rings. The molecule has 7 nitrogen and oxygen atoms in total. The number of ether oxygens (including phenoxy) is 2. The standard InChI is InChI=1S/C15H23N3O4/c19-14-12(13(15(14)20)18-6-10-22-11-7-18)16-2-1-3-17-4-8-21-9-5-17/h16H,1-11H2. The molecule has 7 heteroatoms. The van der Waals surface area contributed by atoms with Crippen LogP contribution in [0.5, 0.6) is 0 Å². The van der Waals surface area contributed by atoms with Gasteiger partial charge in [0.25, 0.3) is 10.9 Å². The summed E-state index contributed by atoms with van der Waals surface area (Å²) in [6.07, 6.45) is 0.946. The van der Waals surface area contributed by atoms with Crippen molar-refractivity contribution in [3.05, 3.63) is 20.4 Å². The van der Waals surface area contributed by atoms with Gasteiger partial charge in [-0.3, -0.25) is 14.5 Å². The third kappa shape index (κ3) is 3.31. The lowest BCUT2D eigenvalue weighted by Crippen LogP contribution is -2.47. The van der Waals surface area contributed by atoms with E-state index in [4.69, 9.17) is 9.47 Å². The van der Waals surface area contributed by atoms with Crippen LogP contribution in [0.1, 0.15) is 6.42 Å². The minimum atomic E-state index is -0.382. The van der Waals surface area contributed by atoms with E-state index < -0.39 is 0 Å². The summed E-state index contributed by atoms with van der Waals surface area (Å²) in [5.41, 5.74) is 0.305. The molecule has 0 radical (unpaired) electrons. The highest BCUT2D eigenvalue weighted by molar-refractivity contribution is 5.75. The Morgan fingerprint density at radius 1 is 0.909 bits per heavy atom. The molecular weight excluding hydrogens is 286 g/mol. The topological polar surface area (TPSA) is 71.1 Å². The van der Waals surface area contributed by atoms with Gasteiger partial charge in [-0.2, -0.15) is 0 Å². The molecule has 0 amide bonds. The van der Waals surface area contributed by atoms with Gasteiger partial charge in [-0.05, 0) is 13.0 Å². The molecule has 0 unspecified atom stereocenters. The van der Waals surface area contributed by atoms with Crippen molar-refractivity contribution >= 4 is 11.4 Å². The van der Waals surface area contributed by atoms with Crippen molar-refractivity contribution in [3.8, 4) is 0 Å². The molecule has 0 atom stereocenters. The van der Waals surface area contributed by atoms with Gasteiger partial charge < -0.3 is 19.7 Å². The largest absolute Gasteiger partial charge is 0.380 e. The first-order valence-corrected chi connectivity index (χ1v) is 7.97. The van der Waals surface area contributed by atoms with Gasteiger partial charge in [0, 0.05) is 32.7 Å². The van der Waals surface area contributed by atoms with Crippen LogP contribution in [0.2, 0.25) is 0 Å². The zero-order valence-electron chi connectivity index (χ0n) is 12.8. The van der Waals surface area contributed by atoms with Crippen LogP contribution in [-0.2, 0) is 9.47 Å². The van der Waals surface area contributed by atoms with E-state index in [1.54, 1.807) is 0 Å². The average Bonchev–Trinajstić information content (AvgIpc) is 2.58. The number of morpholine rings is 2. The fourth-order valence-corrected chi connectivity index (χ4v) is 2.97. The number of hydrogen-bond acceptors (Lipinski definition) is 7. The molecule has 3 rings (SSSR count). The Hall–Kier alpha value is -1.44. The fourth-order valence-electron chi connectivity index (χ4n) is 2.97. The second-order valence-electron chi connectivity index (χ2n) is 5.72. The molecule has 2 aliphatic heterocycles. The van der Waals surface area contributed by atoms with Gasteiger partial charge in [0.15, 0.2) is 0 Å². The molecule has 0 aliphatic carbocycles. The van der Waals surface area contributed by atoms with Crippen LogP contribution in [-0.4, -0.2) is 70.6 Å². The Kier molecular flexibility index (Phi) is 5.07. The highest BCUT2D eigenvalue weighted by Crippen LogP contribution is 2.20. The minimum absolute atomic E-state index is 0.363. The van der Waals surface area contributed by atoms with Crippen LogP contribution < -0.4 is 21.1 Å². The predicted octanol–water partition coefficient (Wildman–Crippen LogP) is -0.747. The van der Waals surface area contributed by atoms with E-state index in [2.05, 4.69) is 10.2 Å². The summed E-state index contributed by atoms with van der Waals surface area (Å²) in [7, 11) is 0. The van der Waals surface area contributed by atoms with Gasteiger partial charge in [0.2, 0.25) is 0 Å². The third-order valence-corrected chi connectivity index (χ3v) is 4.27. The van der Waals surface area contributed by atoms with Crippen molar-refractivity contribution in [1.29, 1.82) is 0 Å². The molecule has 2 saturated heterocycles. The predicted molar refractivity (Wildman–Crippen MR) is 84.8 cm³/mol. The van der Waals surface area contributed by atoms with Crippen LogP contribution in [0, 0.1) is 0 Å². The molecular formula is C15H23N3O4. The average molecular weight is 309 g/mol. The Morgan fingerprint density at radius 3 is 2.23 bits per heavy atom. The summed E-state index contributed by atoms with van der Waals surface area (Å²) in [4.78, 5) is 27.9. The second-order valence-corrected chi connectivity index (χ2v) is 5.72. The first kappa shape index (κ1) is 15.5. The van der Waals surface area contributed by atoms with E-state index in [-0.39, 0.29) is 10.9 Å². The van der Waals surface area contributed by atoms with Gasteiger partial charge in [0.1, 0.15) is 11.4 Å². The molecule has 2 fully saturated rings. The molecule has 0 bridgehead atoms. The lowest BCUT2D eigenvalue weighted by atomic mass is 10.1. The molecule has 122 valence electrons. The molecule has 0 saturated carbocycles. The summed E-state index contributed by atoms with van der Waals surface area (Å²) >= 11 is 0. The maximum atomic E-state index is 11.8. The highest BCUT2D eigenvalue weighted by Gasteiger charge is 2.26. The van der Waals surface area contributed by atoms with Gasteiger partial charge in [-0.1, -0.05) is 0 Å². The monoisotopic (exact) mass is 309 g/mol. The van der Waals surface area contributed by atoms with E-state index >= 15 is 0 Å². The van der Waals surface area contributed by atoms with Crippen LogP contribution in [0.25, 0.3) is 0 Å². The zero-order valence-corrected chi connectivity index (χ0v) is 12.8. The van der Waals surface area contributed by atoms with E-state index in [9.17, 15) is 9.59 Å². The molecule has 22 heavy (non-hydrogen) atoms. The molecule has 0 spiro atoms. The third-order valence-electron chi connectivity index (χ3n) is 4.27. The van der Waals surface area contributed by atoms with E-state index in [1.165, 1.54) is 0 Å². The lowest BCUT2D eigenvalue weighted by Gasteiger charge is -2.31. The van der Waals surface area contributed by atoms with Crippen LogP contribution in [0.15, 0.2) is 9.59 Å². The maximum absolute atomic E-state index is 11.8. The van der Waals surface area contributed by atoms with Crippen molar-refractivity contribution in [2.24, 2.45) is 0 Å². The van der Waals surface area contributed by atoms with Crippen molar-refractivity contribution in [3.63, 3.8) is 0 Å². The summed E-state index contributed by atoms with van der Waals surface area (Å²) in [6, 6.07) is 0. The Morgan fingerprint density at radius 2 is 1.55 bits per heavy atom.